The number of rotatable bonds is 5. The standard InChI is InChI=1S/C18H23NOS/c1-3-19-18(13-7-9-14(20-2)10-8-13)16-5-4-6-17-15(16)11-12-21-17/h7-12,16,18-19H,3-6H2,1-2H3. The molecule has 0 amide bonds. The summed E-state index contributed by atoms with van der Waals surface area (Å²) >= 11 is 1.92. The summed E-state index contributed by atoms with van der Waals surface area (Å²) in [6.45, 7) is 3.18. The van der Waals surface area contributed by atoms with Crippen LogP contribution in [-0.2, 0) is 6.42 Å². The van der Waals surface area contributed by atoms with Crippen LogP contribution in [0.1, 0.15) is 47.7 Å². The molecular formula is C18H23NOS. The summed E-state index contributed by atoms with van der Waals surface area (Å²) in [6.07, 6.45) is 3.83. The van der Waals surface area contributed by atoms with Crippen molar-refractivity contribution in [3.63, 3.8) is 0 Å². The van der Waals surface area contributed by atoms with Gasteiger partial charge in [-0.3, -0.25) is 0 Å². The lowest BCUT2D eigenvalue weighted by Gasteiger charge is -2.31. The molecule has 112 valence electrons. The predicted octanol–water partition coefficient (Wildman–Crippen LogP) is 4.53. The van der Waals surface area contributed by atoms with Crippen molar-refractivity contribution in [2.24, 2.45) is 0 Å². The molecule has 1 aromatic carbocycles. The number of hydrogen-bond donors (Lipinski definition) is 1. The topological polar surface area (TPSA) is 21.3 Å². The van der Waals surface area contributed by atoms with Gasteiger partial charge in [0.05, 0.1) is 7.11 Å². The van der Waals surface area contributed by atoms with E-state index in [2.05, 4.69) is 48.0 Å². The molecule has 1 aromatic heterocycles. The number of fused-ring (bicyclic) bond motifs is 1. The zero-order chi connectivity index (χ0) is 14.7. The number of hydrogen-bond acceptors (Lipinski definition) is 3. The molecule has 21 heavy (non-hydrogen) atoms. The number of benzene rings is 1. The van der Waals surface area contributed by atoms with Crippen LogP contribution in [0, 0.1) is 0 Å². The first-order chi connectivity index (χ1) is 10.3. The number of ether oxygens (including phenoxy) is 1. The first-order valence-corrected chi connectivity index (χ1v) is 8.65. The maximum absolute atomic E-state index is 5.28. The van der Waals surface area contributed by atoms with Crippen molar-refractivity contribution < 1.29 is 4.74 Å². The Bertz CT molecular complexity index is 575. The molecule has 0 radical (unpaired) electrons. The number of aryl methyl sites for hydroxylation is 1. The monoisotopic (exact) mass is 301 g/mol. The Labute approximate surface area is 131 Å². The zero-order valence-corrected chi connectivity index (χ0v) is 13.6. The van der Waals surface area contributed by atoms with Gasteiger partial charge in [-0.05, 0) is 60.5 Å². The SMILES string of the molecule is CCNC(c1ccc(OC)cc1)C1CCCc2sccc21. The molecule has 0 fully saturated rings. The van der Waals surface area contributed by atoms with Crippen molar-refractivity contribution in [2.75, 3.05) is 13.7 Å². The molecule has 1 heterocycles. The van der Waals surface area contributed by atoms with E-state index in [1.54, 1.807) is 17.6 Å². The van der Waals surface area contributed by atoms with Gasteiger partial charge in [0, 0.05) is 16.8 Å². The Kier molecular flexibility index (Phi) is 4.61. The molecule has 3 heteroatoms. The van der Waals surface area contributed by atoms with Gasteiger partial charge in [0.25, 0.3) is 0 Å². The van der Waals surface area contributed by atoms with E-state index in [0.29, 0.717) is 12.0 Å². The summed E-state index contributed by atoms with van der Waals surface area (Å²) in [5, 5.41) is 5.95. The molecule has 2 unspecified atom stereocenters. The highest BCUT2D eigenvalue weighted by Crippen LogP contribution is 2.42. The van der Waals surface area contributed by atoms with Crippen molar-refractivity contribution >= 4 is 11.3 Å². The summed E-state index contributed by atoms with van der Waals surface area (Å²) in [4.78, 5) is 1.59. The van der Waals surface area contributed by atoms with E-state index in [1.165, 1.54) is 24.8 Å². The molecule has 2 atom stereocenters. The Hall–Kier alpha value is -1.32. The number of nitrogens with one attached hydrogen (secondary N) is 1. The van der Waals surface area contributed by atoms with Crippen LogP contribution < -0.4 is 10.1 Å². The maximum atomic E-state index is 5.28. The number of thiophene rings is 1. The van der Waals surface area contributed by atoms with Gasteiger partial charge in [0.2, 0.25) is 0 Å². The molecule has 0 spiro atoms. The fourth-order valence-electron chi connectivity index (χ4n) is 3.39. The molecule has 0 saturated heterocycles. The third-order valence-corrected chi connectivity index (χ3v) is 5.40. The van der Waals surface area contributed by atoms with Gasteiger partial charge in [-0.1, -0.05) is 19.1 Å². The van der Waals surface area contributed by atoms with E-state index >= 15 is 0 Å². The van der Waals surface area contributed by atoms with E-state index in [0.717, 1.165) is 12.3 Å². The lowest BCUT2D eigenvalue weighted by atomic mass is 9.80. The Morgan fingerprint density at radius 2 is 2.10 bits per heavy atom. The molecule has 2 aromatic rings. The van der Waals surface area contributed by atoms with Gasteiger partial charge in [-0.2, -0.15) is 0 Å². The second-order valence-electron chi connectivity index (χ2n) is 5.61. The average molecular weight is 301 g/mol. The van der Waals surface area contributed by atoms with Crippen LogP contribution in [0.4, 0.5) is 0 Å². The Balaban J connectivity index is 1.91. The maximum Gasteiger partial charge on any atom is 0.118 e. The largest absolute Gasteiger partial charge is 0.497 e. The van der Waals surface area contributed by atoms with Gasteiger partial charge >= 0.3 is 0 Å². The highest BCUT2D eigenvalue weighted by atomic mass is 32.1. The van der Waals surface area contributed by atoms with Crippen molar-refractivity contribution in [3.8, 4) is 5.75 Å². The van der Waals surface area contributed by atoms with Crippen LogP contribution in [-0.4, -0.2) is 13.7 Å². The third-order valence-electron chi connectivity index (χ3n) is 4.40. The fourth-order valence-corrected chi connectivity index (χ4v) is 4.39. The summed E-state index contributed by atoms with van der Waals surface area (Å²) in [6, 6.07) is 11.3. The second kappa shape index (κ2) is 6.63. The average Bonchev–Trinajstić information content (AvgIpc) is 3.01. The second-order valence-corrected chi connectivity index (χ2v) is 6.61. The van der Waals surface area contributed by atoms with Crippen LogP contribution >= 0.6 is 11.3 Å². The summed E-state index contributed by atoms with van der Waals surface area (Å²) in [5.74, 6) is 1.52. The van der Waals surface area contributed by atoms with Gasteiger partial charge in [0.1, 0.15) is 5.75 Å². The molecule has 0 bridgehead atoms. The lowest BCUT2D eigenvalue weighted by Crippen LogP contribution is -2.28. The third kappa shape index (κ3) is 2.99. The molecule has 0 saturated carbocycles. The predicted molar refractivity (Wildman–Crippen MR) is 89.4 cm³/mol. The van der Waals surface area contributed by atoms with Gasteiger partial charge < -0.3 is 10.1 Å². The summed E-state index contributed by atoms with van der Waals surface area (Å²) in [7, 11) is 1.72. The molecule has 1 aliphatic carbocycles. The zero-order valence-electron chi connectivity index (χ0n) is 12.8. The highest BCUT2D eigenvalue weighted by molar-refractivity contribution is 7.10. The van der Waals surface area contributed by atoms with Crippen molar-refractivity contribution in [1.82, 2.24) is 5.32 Å². The molecule has 3 rings (SSSR count). The van der Waals surface area contributed by atoms with Crippen LogP contribution in [0.3, 0.4) is 0 Å². The fraction of sp³-hybridized carbons (Fsp3) is 0.444. The molecule has 1 aliphatic rings. The first-order valence-electron chi connectivity index (χ1n) is 7.77. The van der Waals surface area contributed by atoms with Gasteiger partial charge in [0.15, 0.2) is 0 Å². The highest BCUT2D eigenvalue weighted by Gasteiger charge is 2.29. The summed E-state index contributed by atoms with van der Waals surface area (Å²) < 4.78 is 5.28. The van der Waals surface area contributed by atoms with Crippen LogP contribution in [0.25, 0.3) is 0 Å². The summed E-state index contributed by atoms with van der Waals surface area (Å²) in [5.41, 5.74) is 2.93. The minimum absolute atomic E-state index is 0.398. The van der Waals surface area contributed by atoms with E-state index in [4.69, 9.17) is 4.74 Å². The Morgan fingerprint density at radius 1 is 1.29 bits per heavy atom. The minimum atomic E-state index is 0.398. The van der Waals surface area contributed by atoms with Crippen LogP contribution in [0.15, 0.2) is 35.7 Å². The Morgan fingerprint density at radius 3 is 2.81 bits per heavy atom. The van der Waals surface area contributed by atoms with Crippen LogP contribution in [0.5, 0.6) is 5.75 Å². The van der Waals surface area contributed by atoms with Gasteiger partial charge in [-0.25, -0.2) is 0 Å². The van der Waals surface area contributed by atoms with Gasteiger partial charge in [-0.15, -0.1) is 11.3 Å². The van der Waals surface area contributed by atoms with Crippen molar-refractivity contribution in [2.45, 2.75) is 38.1 Å². The van der Waals surface area contributed by atoms with Crippen molar-refractivity contribution in [1.29, 1.82) is 0 Å². The van der Waals surface area contributed by atoms with E-state index in [-0.39, 0.29) is 0 Å². The van der Waals surface area contributed by atoms with E-state index < -0.39 is 0 Å². The first kappa shape index (κ1) is 14.6. The van der Waals surface area contributed by atoms with E-state index in [9.17, 15) is 0 Å². The molecule has 1 N–H and O–H groups in total. The molecule has 0 aliphatic heterocycles. The number of methoxy groups -OCH3 is 1. The normalized spacial score (nSPS) is 19.0. The van der Waals surface area contributed by atoms with E-state index in [1.807, 2.05) is 11.3 Å². The molecule has 2 nitrogen and oxygen atoms in total. The number of likely N-dealkylation sites (N-methyl/N-ethyl adjacent to an activating group) is 1. The smallest absolute Gasteiger partial charge is 0.118 e. The minimum Gasteiger partial charge on any atom is -0.497 e. The van der Waals surface area contributed by atoms with Crippen LogP contribution in [0.2, 0.25) is 0 Å². The molecular weight excluding hydrogens is 278 g/mol. The quantitative estimate of drug-likeness (QED) is 0.876. The van der Waals surface area contributed by atoms with Crippen molar-refractivity contribution in [3.05, 3.63) is 51.7 Å². The lowest BCUT2D eigenvalue weighted by molar-refractivity contribution is 0.405.